The molecule has 1 rings (SSSR count). The highest BCUT2D eigenvalue weighted by Crippen LogP contribution is 2.28. The standard InChI is InChI=1S/C18H26FNO10/c1-9(21)26-8-13-16(27-10(2)22)17(28-11(3)23)15(18(30-13)29-12(4)24)20-14(25)6-5-7-19/h13,15-18H,5-8H2,1-4H3,(H,20,25)/t13-,15-,16-,17-,18?/m1/s1. The molecule has 0 aromatic carbocycles. The smallest absolute Gasteiger partial charge is 0.305 e. The van der Waals surface area contributed by atoms with E-state index in [4.69, 9.17) is 23.7 Å². The first kappa shape index (κ1) is 25.3. The van der Waals surface area contributed by atoms with E-state index in [0.717, 1.165) is 27.7 Å². The van der Waals surface area contributed by atoms with Crippen molar-refractivity contribution >= 4 is 29.8 Å². The van der Waals surface area contributed by atoms with Crippen LogP contribution >= 0.6 is 0 Å². The van der Waals surface area contributed by atoms with Gasteiger partial charge in [-0.05, 0) is 6.42 Å². The van der Waals surface area contributed by atoms with Gasteiger partial charge in [0.25, 0.3) is 0 Å². The van der Waals surface area contributed by atoms with E-state index in [-0.39, 0.29) is 12.8 Å². The van der Waals surface area contributed by atoms with Crippen molar-refractivity contribution in [2.45, 2.75) is 71.2 Å². The monoisotopic (exact) mass is 435 g/mol. The number of hydrogen-bond acceptors (Lipinski definition) is 10. The fourth-order valence-corrected chi connectivity index (χ4v) is 2.81. The van der Waals surface area contributed by atoms with Gasteiger partial charge in [-0.3, -0.25) is 28.4 Å². The maximum Gasteiger partial charge on any atom is 0.305 e. The van der Waals surface area contributed by atoms with Crippen molar-refractivity contribution < 1.29 is 52.0 Å². The van der Waals surface area contributed by atoms with Gasteiger partial charge in [0.05, 0.1) is 6.67 Å². The molecule has 170 valence electrons. The predicted molar refractivity (Wildman–Crippen MR) is 95.3 cm³/mol. The molecular weight excluding hydrogens is 409 g/mol. The third kappa shape index (κ3) is 8.31. The van der Waals surface area contributed by atoms with Crippen molar-refractivity contribution in [3.8, 4) is 0 Å². The van der Waals surface area contributed by atoms with Crippen LogP contribution in [0.3, 0.4) is 0 Å². The maximum absolute atomic E-state index is 12.4. The van der Waals surface area contributed by atoms with Crippen LogP contribution in [0.1, 0.15) is 40.5 Å². The summed E-state index contributed by atoms with van der Waals surface area (Å²) in [7, 11) is 0. The fraction of sp³-hybridized carbons (Fsp3) is 0.722. The highest BCUT2D eigenvalue weighted by atomic mass is 19.1. The van der Waals surface area contributed by atoms with E-state index in [1.807, 2.05) is 0 Å². The number of ether oxygens (including phenoxy) is 5. The number of amides is 1. The first-order valence-corrected chi connectivity index (χ1v) is 9.21. The molecule has 1 heterocycles. The summed E-state index contributed by atoms with van der Waals surface area (Å²) in [6.07, 6.45) is -5.54. The van der Waals surface area contributed by atoms with Crippen LogP contribution in [-0.4, -0.2) is 73.7 Å². The minimum atomic E-state index is -1.46. The minimum Gasteiger partial charge on any atom is -0.463 e. The largest absolute Gasteiger partial charge is 0.463 e. The number of hydrogen-bond donors (Lipinski definition) is 1. The molecule has 0 radical (unpaired) electrons. The first-order chi connectivity index (χ1) is 14.0. The molecule has 30 heavy (non-hydrogen) atoms. The molecule has 11 nitrogen and oxygen atoms in total. The Bertz CT molecular complexity index is 655. The van der Waals surface area contributed by atoms with Gasteiger partial charge in [-0.25, -0.2) is 0 Å². The number of rotatable bonds is 9. The Hall–Kier alpha value is -2.76. The number of esters is 4. The molecule has 0 aliphatic carbocycles. The van der Waals surface area contributed by atoms with Crippen LogP contribution in [0.25, 0.3) is 0 Å². The zero-order valence-corrected chi connectivity index (χ0v) is 17.2. The van der Waals surface area contributed by atoms with E-state index in [2.05, 4.69) is 5.32 Å². The van der Waals surface area contributed by atoms with Gasteiger partial charge in [-0.1, -0.05) is 0 Å². The third-order valence-corrected chi connectivity index (χ3v) is 3.85. The molecule has 1 amide bonds. The summed E-state index contributed by atoms with van der Waals surface area (Å²) in [6.45, 7) is 3.28. The molecule has 1 fully saturated rings. The maximum atomic E-state index is 12.4. The SMILES string of the molecule is CC(=O)OC[C@H]1OC(OC(C)=O)[C@H](NC(=O)CCCF)[C@@H](OC(C)=O)[C@@H]1OC(C)=O. The van der Waals surface area contributed by atoms with Gasteiger partial charge < -0.3 is 29.0 Å². The zero-order chi connectivity index (χ0) is 22.8. The van der Waals surface area contributed by atoms with E-state index < -0.39 is 73.7 Å². The number of halogens is 1. The van der Waals surface area contributed by atoms with Gasteiger partial charge in [0.2, 0.25) is 12.2 Å². The quantitative estimate of drug-likeness (QED) is 0.386. The average Bonchev–Trinajstić information content (AvgIpc) is 2.62. The molecule has 0 aromatic rings. The van der Waals surface area contributed by atoms with Crippen molar-refractivity contribution in [2.75, 3.05) is 13.3 Å². The number of alkyl halides is 1. The summed E-state index contributed by atoms with van der Waals surface area (Å²) < 4.78 is 38.5. The lowest BCUT2D eigenvalue weighted by Gasteiger charge is -2.44. The van der Waals surface area contributed by atoms with Crippen LogP contribution in [0.15, 0.2) is 0 Å². The molecule has 1 aliphatic rings. The normalized spacial score (nSPS) is 25.6. The van der Waals surface area contributed by atoms with Crippen molar-refractivity contribution in [1.29, 1.82) is 0 Å². The lowest BCUT2D eigenvalue weighted by Crippen LogP contribution is -2.67. The highest BCUT2D eigenvalue weighted by molar-refractivity contribution is 5.76. The number of carbonyl (C=O) groups is 5. The van der Waals surface area contributed by atoms with Crippen molar-refractivity contribution in [2.24, 2.45) is 0 Å². The number of nitrogens with one attached hydrogen (secondary N) is 1. The Kier molecular flexibility index (Phi) is 10.2. The molecule has 0 aromatic heterocycles. The van der Waals surface area contributed by atoms with Gasteiger partial charge >= 0.3 is 23.9 Å². The Balaban J connectivity index is 3.28. The second-order valence-electron chi connectivity index (χ2n) is 6.49. The second-order valence-corrected chi connectivity index (χ2v) is 6.49. The second kappa shape index (κ2) is 12.1. The summed E-state index contributed by atoms with van der Waals surface area (Å²) in [6, 6.07) is -1.28. The van der Waals surface area contributed by atoms with E-state index in [9.17, 15) is 28.4 Å². The van der Waals surface area contributed by atoms with Gasteiger partial charge in [0, 0.05) is 34.1 Å². The van der Waals surface area contributed by atoms with Gasteiger partial charge in [-0.15, -0.1) is 0 Å². The Labute approximate surface area is 172 Å². The molecule has 1 N–H and O–H groups in total. The summed E-state index contributed by atoms with van der Waals surface area (Å²) >= 11 is 0. The van der Waals surface area contributed by atoms with Crippen LogP contribution in [0.5, 0.6) is 0 Å². The first-order valence-electron chi connectivity index (χ1n) is 9.21. The molecule has 1 saturated heterocycles. The van der Waals surface area contributed by atoms with E-state index in [1.54, 1.807) is 0 Å². The summed E-state index contributed by atoms with van der Waals surface area (Å²) in [5.41, 5.74) is 0. The Morgan fingerprint density at radius 3 is 1.93 bits per heavy atom. The summed E-state index contributed by atoms with van der Waals surface area (Å²) in [5, 5.41) is 2.47. The molecule has 0 spiro atoms. The molecule has 0 bridgehead atoms. The van der Waals surface area contributed by atoms with E-state index >= 15 is 0 Å². The molecule has 1 unspecified atom stereocenters. The molecule has 5 atom stereocenters. The fourth-order valence-electron chi connectivity index (χ4n) is 2.81. The summed E-state index contributed by atoms with van der Waals surface area (Å²) in [4.78, 5) is 58.2. The zero-order valence-electron chi connectivity index (χ0n) is 17.2. The van der Waals surface area contributed by atoms with Crippen LogP contribution in [0.4, 0.5) is 4.39 Å². The van der Waals surface area contributed by atoms with Gasteiger partial charge in [0.15, 0.2) is 12.2 Å². The summed E-state index contributed by atoms with van der Waals surface area (Å²) in [5.74, 6) is -3.61. The lowest BCUT2D eigenvalue weighted by atomic mass is 9.96. The molecule has 1 aliphatic heterocycles. The highest BCUT2D eigenvalue weighted by Gasteiger charge is 2.52. The average molecular weight is 435 g/mol. The minimum absolute atomic E-state index is 0.0572. The Morgan fingerprint density at radius 2 is 1.43 bits per heavy atom. The van der Waals surface area contributed by atoms with Crippen molar-refractivity contribution in [3.05, 3.63) is 0 Å². The van der Waals surface area contributed by atoms with Crippen molar-refractivity contribution in [1.82, 2.24) is 5.32 Å². The molecule has 12 heteroatoms. The van der Waals surface area contributed by atoms with E-state index in [1.165, 1.54) is 0 Å². The van der Waals surface area contributed by atoms with Crippen LogP contribution in [-0.2, 0) is 47.7 Å². The van der Waals surface area contributed by atoms with E-state index in [0.29, 0.717) is 0 Å². The number of carbonyl (C=O) groups excluding carboxylic acids is 5. The predicted octanol–water partition coefficient (Wildman–Crippen LogP) is -0.0646. The van der Waals surface area contributed by atoms with Gasteiger partial charge in [-0.2, -0.15) is 0 Å². The topological polar surface area (TPSA) is 144 Å². The molecule has 0 saturated carbocycles. The third-order valence-electron chi connectivity index (χ3n) is 3.85. The van der Waals surface area contributed by atoms with Crippen LogP contribution in [0, 0.1) is 0 Å². The van der Waals surface area contributed by atoms with Gasteiger partial charge in [0.1, 0.15) is 18.8 Å². The Morgan fingerprint density at radius 1 is 0.867 bits per heavy atom. The van der Waals surface area contributed by atoms with Crippen LogP contribution in [0.2, 0.25) is 0 Å². The molecular formula is C18H26FNO10. The lowest BCUT2D eigenvalue weighted by molar-refractivity contribution is -0.271. The van der Waals surface area contributed by atoms with Crippen molar-refractivity contribution in [3.63, 3.8) is 0 Å². The van der Waals surface area contributed by atoms with Crippen LogP contribution < -0.4 is 5.32 Å².